The Labute approximate surface area is 111 Å². The Morgan fingerprint density at radius 2 is 1.79 bits per heavy atom. The topological polar surface area (TPSA) is 58.2 Å². The third-order valence-electron chi connectivity index (χ3n) is 2.10. The Bertz CT molecular complexity index is 477. The number of amides is 2. The van der Waals surface area contributed by atoms with Crippen molar-refractivity contribution in [3.8, 4) is 0 Å². The molecule has 0 bridgehead atoms. The fourth-order valence-corrected chi connectivity index (χ4v) is 1.36. The minimum Gasteiger partial charge on any atom is -0.350 e. The van der Waals surface area contributed by atoms with Crippen LogP contribution < -0.4 is 10.6 Å². The number of alkyl halides is 3. The second-order valence-electron chi connectivity index (χ2n) is 3.55. The molecular formula is C11H10ClF3N2O2. The quantitative estimate of drug-likeness (QED) is 0.887. The molecule has 8 heteroatoms. The molecule has 0 radical (unpaired) electrons. The van der Waals surface area contributed by atoms with Crippen LogP contribution in [0, 0.1) is 0 Å². The van der Waals surface area contributed by atoms with Crippen LogP contribution in [0.15, 0.2) is 24.3 Å². The lowest BCUT2D eigenvalue weighted by Crippen LogP contribution is -2.42. The molecule has 0 aromatic heterocycles. The summed E-state index contributed by atoms with van der Waals surface area (Å²) < 4.78 is 35.5. The minimum atomic E-state index is -5.00. The van der Waals surface area contributed by atoms with Gasteiger partial charge in [-0.2, -0.15) is 13.2 Å². The Morgan fingerprint density at radius 1 is 1.16 bits per heavy atom. The molecule has 19 heavy (non-hydrogen) atoms. The van der Waals surface area contributed by atoms with Gasteiger partial charge in [-0.05, 0) is 11.6 Å². The molecular weight excluding hydrogens is 285 g/mol. The number of hydrogen-bond acceptors (Lipinski definition) is 2. The summed E-state index contributed by atoms with van der Waals surface area (Å²) in [4.78, 5) is 21.7. The molecule has 104 valence electrons. The van der Waals surface area contributed by atoms with Crippen LogP contribution in [-0.4, -0.2) is 24.5 Å². The highest BCUT2D eigenvalue weighted by Crippen LogP contribution is 2.14. The Kier molecular flexibility index (Phi) is 5.17. The highest BCUT2D eigenvalue weighted by atomic mass is 35.5. The number of halogens is 4. The molecule has 1 aromatic rings. The van der Waals surface area contributed by atoms with E-state index in [0.717, 1.165) is 0 Å². The zero-order chi connectivity index (χ0) is 14.5. The van der Waals surface area contributed by atoms with Crippen molar-refractivity contribution in [1.82, 2.24) is 10.6 Å². The van der Waals surface area contributed by atoms with Crippen LogP contribution in [0.5, 0.6) is 0 Å². The molecule has 0 unspecified atom stereocenters. The summed E-state index contributed by atoms with van der Waals surface area (Å²) in [6.45, 7) is -0.677. The highest BCUT2D eigenvalue weighted by Gasteiger charge is 2.38. The maximum absolute atomic E-state index is 11.8. The molecule has 0 saturated carbocycles. The summed E-state index contributed by atoms with van der Waals surface area (Å²) >= 11 is 5.83. The maximum atomic E-state index is 11.8. The Balaban J connectivity index is 2.37. The summed E-state index contributed by atoms with van der Waals surface area (Å²) in [5.74, 6) is -2.89. The Morgan fingerprint density at radius 3 is 2.37 bits per heavy atom. The molecule has 0 aliphatic heterocycles. The zero-order valence-electron chi connectivity index (χ0n) is 9.55. The molecule has 2 N–H and O–H groups in total. The van der Waals surface area contributed by atoms with E-state index >= 15 is 0 Å². The molecule has 0 heterocycles. The van der Waals surface area contributed by atoms with Crippen LogP contribution in [0.2, 0.25) is 5.02 Å². The van der Waals surface area contributed by atoms with Gasteiger partial charge in [0.15, 0.2) is 0 Å². The average Bonchev–Trinajstić information content (AvgIpc) is 2.33. The van der Waals surface area contributed by atoms with Crippen LogP contribution in [-0.2, 0) is 16.1 Å². The van der Waals surface area contributed by atoms with Crippen molar-refractivity contribution in [3.05, 3.63) is 34.9 Å². The van der Waals surface area contributed by atoms with Crippen molar-refractivity contribution in [3.63, 3.8) is 0 Å². The van der Waals surface area contributed by atoms with E-state index in [1.807, 2.05) is 0 Å². The smallest absolute Gasteiger partial charge is 0.350 e. The van der Waals surface area contributed by atoms with Gasteiger partial charge >= 0.3 is 12.1 Å². The lowest BCUT2D eigenvalue weighted by molar-refractivity contribution is -0.173. The first-order chi connectivity index (χ1) is 8.80. The van der Waals surface area contributed by atoms with Crippen molar-refractivity contribution in [1.29, 1.82) is 0 Å². The van der Waals surface area contributed by atoms with Gasteiger partial charge in [0.05, 0.1) is 6.54 Å². The molecule has 0 spiro atoms. The van der Waals surface area contributed by atoms with E-state index in [0.29, 0.717) is 10.6 Å². The highest BCUT2D eigenvalue weighted by molar-refractivity contribution is 6.31. The van der Waals surface area contributed by atoms with E-state index in [2.05, 4.69) is 5.32 Å². The fraction of sp³-hybridized carbons (Fsp3) is 0.273. The van der Waals surface area contributed by atoms with Gasteiger partial charge < -0.3 is 10.6 Å². The van der Waals surface area contributed by atoms with E-state index in [1.54, 1.807) is 24.3 Å². The lowest BCUT2D eigenvalue weighted by Gasteiger charge is -2.09. The van der Waals surface area contributed by atoms with E-state index in [1.165, 1.54) is 5.32 Å². The van der Waals surface area contributed by atoms with Crippen molar-refractivity contribution in [2.45, 2.75) is 12.7 Å². The summed E-state index contributed by atoms with van der Waals surface area (Å²) in [5.41, 5.74) is 0.625. The second kappa shape index (κ2) is 6.42. The molecule has 1 rings (SSSR count). The van der Waals surface area contributed by atoms with Crippen LogP contribution in [0.3, 0.4) is 0 Å². The standard InChI is InChI=1S/C11H10ClF3N2O2/c12-8-4-2-1-3-7(8)5-16-9(18)6-17-10(19)11(13,14)15/h1-4H,5-6H2,(H,16,18)(H,17,19). The molecule has 2 amide bonds. The normalized spacial score (nSPS) is 10.9. The largest absolute Gasteiger partial charge is 0.471 e. The summed E-state index contributed by atoms with van der Waals surface area (Å²) in [5, 5.41) is 4.24. The first kappa shape index (κ1) is 15.3. The molecule has 0 aliphatic rings. The van der Waals surface area contributed by atoms with Crippen LogP contribution in [0.1, 0.15) is 5.56 Å². The molecule has 0 fully saturated rings. The first-order valence-electron chi connectivity index (χ1n) is 5.16. The lowest BCUT2D eigenvalue weighted by atomic mass is 10.2. The number of carbonyl (C=O) groups is 2. The molecule has 0 aliphatic carbocycles. The molecule has 4 nitrogen and oxygen atoms in total. The molecule has 0 atom stereocenters. The monoisotopic (exact) mass is 294 g/mol. The van der Waals surface area contributed by atoms with Gasteiger partial charge in [0.2, 0.25) is 5.91 Å². The molecule has 1 aromatic carbocycles. The van der Waals surface area contributed by atoms with E-state index in [4.69, 9.17) is 11.6 Å². The summed E-state index contributed by atoms with van der Waals surface area (Å²) in [6.07, 6.45) is -5.00. The predicted octanol–water partition coefficient (Wildman–Crippen LogP) is 1.63. The van der Waals surface area contributed by atoms with E-state index in [-0.39, 0.29) is 6.54 Å². The van der Waals surface area contributed by atoms with Gasteiger partial charge in [0.25, 0.3) is 0 Å². The van der Waals surface area contributed by atoms with Gasteiger partial charge in [-0.15, -0.1) is 0 Å². The zero-order valence-corrected chi connectivity index (χ0v) is 10.3. The van der Waals surface area contributed by atoms with Crippen LogP contribution >= 0.6 is 11.6 Å². The number of benzene rings is 1. The predicted molar refractivity (Wildman–Crippen MR) is 62.4 cm³/mol. The number of nitrogens with one attached hydrogen (secondary N) is 2. The SMILES string of the molecule is O=C(CNC(=O)C(F)(F)F)NCc1ccccc1Cl. The number of carbonyl (C=O) groups excluding carboxylic acids is 2. The summed E-state index contributed by atoms with van der Waals surface area (Å²) in [7, 11) is 0. The molecule has 0 saturated heterocycles. The minimum absolute atomic E-state index is 0.0698. The maximum Gasteiger partial charge on any atom is 0.471 e. The Hall–Kier alpha value is -1.76. The number of hydrogen-bond donors (Lipinski definition) is 2. The van der Waals surface area contributed by atoms with E-state index < -0.39 is 24.5 Å². The third-order valence-corrected chi connectivity index (χ3v) is 2.47. The van der Waals surface area contributed by atoms with Crippen molar-refractivity contribution >= 4 is 23.4 Å². The average molecular weight is 295 g/mol. The van der Waals surface area contributed by atoms with Gasteiger partial charge in [-0.25, -0.2) is 0 Å². The van der Waals surface area contributed by atoms with Crippen molar-refractivity contribution in [2.24, 2.45) is 0 Å². The van der Waals surface area contributed by atoms with E-state index in [9.17, 15) is 22.8 Å². The fourth-order valence-electron chi connectivity index (χ4n) is 1.16. The van der Waals surface area contributed by atoms with Crippen molar-refractivity contribution < 1.29 is 22.8 Å². The van der Waals surface area contributed by atoms with Gasteiger partial charge in [-0.1, -0.05) is 29.8 Å². The van der Waals surface area contributed by atoms with Crippen LogP contribution in [0.25, 0.3) is 0 Å². The third kappa shape index (κ3) is 5.17. The first-order valence-corrected chi connectivity index (χ1v) is 5.53. The van der Waals surface area contributed by atoms with Crippen molar-refractivity contribution in [2.75, 3.05) is 6.54 Å². The van der Waals surface area contributed by atoms with Gasteiger partial charge in [0.1, 0.15) is 0 Å². The van der Waals surface area contributed by atoms with Gasteiger partial charge in [-0.3, -0.25) is 9.59 Å². The summed E-state index contributed by atoms with van der Waals surface area (Å²) in [6, 6.07) is 6.70. The van der Waals surface area contributed by atoms with Gasteiger partial charge in [0, 0.05) is 11.6 Å². The van der Waals surface area contributed by atoms with Crippen LogP contribution in [0.4, 0.5) is 13.2 Å². The second-order valence-corrected chi connectivity index (χ2v) is 3.96. The number of rotatable bonds is 4.